The fraction of sp³-hybridized carbons (Fsp3) is 0.176. The topological polar surface area (TPSA) is 99.2 Å². The first-order valence-electron chi connectivity index (χ1n) is 7.80. The Balaban J connectivity index is 1.86. The Hall–Kier alpha value is -3.14. The van der Waals surface area contributed by atoms with Crippen LogP contribution < -0.4 is 11.0 Å². The van der Waals surface area contributed by atoms with Crippen LogP contribution >= 0.6 is 11.8 Å². The van der Waals surface area contributed by atoms with E-state index in [-0.39, 0.29) is 28.6 Å². The molecule has 0 aliphatic heterocycles. The van der Waals surface area contributed by atoms with Crippen LogP contribution in [0.5, 0.6) is 0 Å². The van der Waals surface area contributed by atoms with Gasteiger partial charge in [0.15, 0.2) is 0 Å². The molecule has 2 aromatic carbocycles. The van der Waals surface area contributed by atoms with Crippen molar-refractivity contribution in [2.45, 2.75) is 4.90 Å². The number of nitro groups is 1. The summed E-state index contributed by atoms with van der Waals surface area (Å²) >= 11 is 1.18. The van der Waals surface area contributed by atoms with Crippen LogP contribution in [0.15, 0.2) is 46.1 Å². The maximum atomic E-state index is 12.9. The number of hydrogen-bond donors (Lipinski definition) is 1. The van der Waals surface area contributed by atoms with E-state index in [1.807, 2.05) is 0 Å². The number of fused-ring (bicyclic) bond motifs is 1. The SMILES string of the molecule is Cn1c(=O)n(C)c2cc([N+](=O)[O-])c(NC(=O)CSc3ccc(F)cc3)cc21. The highest BCUT2D eigenvalue weighted by Crippen LogP contribution is 2.30. The van der Waals surface area contributed by atoms with Gasteiger partial charge in [0.2, 0.25) is 5.91 Å². The molecule has 3 rings (SSSR count). The molecule has 0 fully saturated rings. The third-order valence-corrected chi connectivity index (χ3v) is 5.06. The number of carbonyl (C=O) groups excluding carboxylic acids is 1. The minimum absolute atomic E-state index is 0.00541. The number of nitrogens with zero attached hydrogens (tertiary/aromatic N) is 3. The third-order valence-electron chi connectivity index (χ3n) is 4.04. The summed E-state index contributed by atoms with van der Waals surface area (Å²) in [5, 5.41) is 13.9. The van der Waals surface area contributed by atoms with E-state index in [4.69, 9.17) is 0 Å². The van der Waals surface area contributed by atoms with E-state index in [2.05, 4.69) is 5.32 Å². The van der Waals surface area contributed by atoms with Gasteiger partial charge < -0.3 is 5.32 Å². The molecule has 0 radical (unpaired) electrons. The first-order valence-corrected chi connectivity index (χ1v) is 8.78. The lowest BCUT2D eigenvalue weighted by Gasteiger charge is -2.07. The van der Waals surface area contributed by atoms with Gasteiger partial charge in [-0.15, -0.1) is 11.8 Å². The monoisotopic (exact) mass is 390 g/mol. The Labute approximate surface area is 156 Å². The van der Waals surface area contributed by atoms with Crippen LogP contribution in [0.3, 0.4) is 0 Å². The molecule has 0 saturated carbocycles. The van der Waals surface area contributed by atoms with Crippen LogP contribution in [-0.2, 0) is 18.9 Å². The molecule has 0 aliphatic carbocycles. The number of imidazole rings is 1. The number of halogens is 1. The van der Waals surface area contributed by atoms with Gasteiger partial charge in [0.05, 0.1) is 21.7 Å². The van der Waals surface area contributed by atoms with Gasteiger partial charge in [-0.05, 0) is 30.3 Å². The Morgan fingerprint density at radius 1 is 1.19 bits per heavy atom. The summed E-state index contributed by atoms with van der Waals surface area (Å²) < 4.78 is 15.6. The minimum atomic E-state index is -0.611. The van der Waals surface area contributed by atoms with Crippen molar-refractivity contribution >= 4 is 40.1 Å². The zero-order valence-corrected chi connectivity index (χ0v) is 15.2. The highest BCUT2D eigenvalue weighted by Gasteiger charge is 2.21. The molecule has 0 aliphatic rings. The smallest absolute Gasteiger partial charge is 0.320 e. The zero-order valence-electron chi connectivity index (χ0n) is 14.4. The van der Waals surface area contributed by atoms with Gasteiger partial charge in [0, 0.05) is 25.1 Å². The fourth-order valence-electron chi connectivity index (χ4n) is 2.65. The van der Waals surface area contributed by atoms with Crippen LogP contribution in [0.4, 0.5) is 15.8 Å². The van der Waals surface area contributed by atoms with Crippen LogP contribution in [-0.4, -0.2) is 25.7 Å². The average Bonchev–Trinajstić information content (AvgIpc) is 2.84. The van der Waals surface area contributed by atoms with Gasteiger partial charge >= 0.3 is 5.69 Å². The molecule has 1 amide bonds. The number of thioether (sulfide) groups is 1. The number of hydrogen-bond acceptors (Lipinski definition) is 5. The summed E-state index contributed by atoms with van der Waals surface area (Å²) in [5.41, 5.74) is 0.249. The Bertz CT molecular complexity index is 1100. The molecule has 3 aromatic rings. The van der Waals surface area contributed by atoms with Crippen LogP contribution in [0, 0.1) is 15.9 Å². The predicted molar refractivity (Wildman–Crippen MR) is 101 cm³/mol. The molecule has 1 N–H and O–H groups in total. The van der Waals surface area contributed by atoms with Gasteiger partial charge in [0.1, 0.15) is 11.5 Å². The van der Waals surface area contributed by atoms with Crippen molar-refractivity contribution < 1.29 is 14.1 Å². The maximum Gasteiger partial charge on any atom is 0.328 e. The molecule has 0 saturated heterocycles. The Kier molecular flexibility index (Phi) is 5.00. The third kappa shape index (κ3) is 3.70. The molecule has 0 bridgehead atoms. The molecule has 1 aromatic heterocycles. The van der Waals surface area contributed by atoms with Crippen molar-refractivity contribution in [3.8, 4) is 0 Å². The summed E-state index contributed by atoms with van der Waals surface area (Å²) in [6.07, 6.45) is 0. The number of aryl methyl sites for hydroxylation is 2. The number of nitro benzene ring substituents is 1. The standard InChI is InChI=1S/C17H15FN4O4S/c1-20-14-7-12(13(22(25)26)8-15(14)21(2)17(20)24)19-16(23)9-27-11-5-3-10(18)4-6-11/h3-8H,9H2,1-2H3,(H,19,23). The Morgan fingerprint density at radius 2 is 1.78 bits per heavy atom. The molecule has 0 atom stereocenters. The number of rotatable bonds is 5. The van der Waals surface area contributed by atoms with Crippen molar-refractivity contribution in [1.82, 2.24) is 9.13 Å². The molecule has 1 heterocycles. The van der Waals surface area contributed by atoms with E-state index in [1.165, 1.54) is 52.2 Å². The van der Waals surface area contributed by atoms with Crippen LogP contribution in [0.25, 0.3) is 11.0 Å². The van der Waals surface area contributed by atoms with Crippen molar-refractivity contribution in [3.63, 3.8) is 0 Å². The molecule has 8 nitrogen and oxygen atoms in total. The van der Waals surface area contributed by atoms with Crippen molar-refractivity contribution in [2.24, 2.45) is 14.1 Å². The number of nitrogens with one attached hydrogen (secondary N) is 1. The Morgan fingerprint density at radius 3 is 2.37 bits per heavy atom. The largest absolute Gasteiger partial charge is 0.328 e. The quantitative estimate of drug-likeness (QED) is 0.410. The summed E-state index contributed by atoms with van der Waals surface area (Å²) in [7, 11) is 3.07. The van der Waals surface area contributed by atoms with Crippen molar-refractivity contribution in [3.05, 3.63) is 62.8 Å². The molecule has 27 heavy (non-hydrogen) atoms. The fourth-order valence-corrected chi connectivity index (χ4v) is 3.35. The molecule has 10 heteroatoms. The second kappa shape index (κ2) is 7.23. The van der Waals surface area contributed by atoms with E-state index >= 15 is 0 Å². The number of benzene rings is 2. The highest BCUT2D eigenvalue weighted by atomic mass is 32.2. The van der Waals surface area contributed by atoms with Crippen LogP contribution in [0.2, 0.25) is 0 Å². The van der Waals surface area contributed by atoms with E-state index in [1.54, 1.807) is 19.2 Å². The predicted octanol–water partition coefficient (Wildman–Crippen LogP) is 2.66. The van der Waals surface area contributed by atoms with E-state index in [0.29, 0.717) is 15.9 Å². The van der Waals surface area contributed by atoms with Crippen LogP contribution in [0.1, 0.15) is 0 Å². The van der Waals surface area contributed by atoms with E-state index in [0.717, 1.165) is 0 Å². The summed E-state index contributed by atoms with van der Waals surface area (Å²) in [6, 6.07) is 8.34. The van der Waals surface area contributed by atoms with Gasteiger partial charge in [-0.25, -0.2) is 9.18 Å². The molecular weight excluding hydrogens is 375 g/mol. The van der Waals surface area contributed by atoms with Crippen molar-refractivity contribution in [1.29, 1.82) is 0 Å². The maximum absolute atomic E-state index is 12.9. The van der Waals surface area contributed by atoms with E-state index in [9.17, 15) is 24.1 Å². The molecule has 0 spiro atoms. The van der Waals surface area contributed by atoms with Gasteiger partial charge in [-0.2, -0.15) is 0 Å². The molecule has 0 unspecified atom stereocenters. The number of anilines is 1. The van der Waals surface area contributed by atoms with Gasteiger partial charge in [0.25, 0.3) is 5.69 Å². The van der Waals surface area contributed by atoms with Crippen molar-refractivity contribution in [2.75, 3.05) is 11.1 Å². The minimum Gasteiger partial charge on any atom is -0.320 e. The zero-order chi connectivity index (χ0) is 19.7. The first-order chi connectivity index (χ1) is 12.8. The number of aromatic nitrogens is 2. The average molecular weight is 390 g/mol. The lowest BCUT2D eigenvalue weighted by Crippen LogP contribution is -2.19. The number of amides is 1. The molecular formula is C17H15FN4O4S. The highest BCUT2D eigenvalue weighted by molar-refractivity contribution is 8.00. The summed E-state index contributed by atoms with van der Waals surface area (Å²) in [5.74, 6) is -0.830. The second-order valence-electron chi connectivity index (χ2n) is 5.81. The normalized spacial score (nSPS) is 10.9. The summed E-state index contributed by atoms with van der Waals surface area (Å²) in [6.45, 7) is 0. The lowest BCUT2D eigenvalue weighted by molar-refractivity contribution is -0.383. The molecule has 140 valence electrons. The lowest BCUT2D eigenvalue weighted by atomic mass is 10.2. The summed E-state index contributed by atoms with van der Waals surface area (Å²) in [4.78, 5) is 35.7. The second-order valence-corrected chi connectivity index (χ2v) is 6.86. The number of carbonyl (C=O) groups is 1. The van der Waals surface area contributed by atoms with Gasteiger partial charge in [-0.3, -0.25) is 24.0 Å². The first kappa shape index (κ1) is 18.6. The van der Waals surface area contributed by atoms with E-state index < -0.39 is 10.8 Å². The van der Waals surface area contributed by atoms with Gasteiger partial charge in [-0.1, -0.05) is 0 Å².